The molecule has 5 heteroatoms. The van der Waals surface area contributed by atoms with Gasteiger partial charge in [-0.2, -0.15) is 0 Å². The molecule has 2 aromatic rings. The van der Waals surface area contributed by atoms with Gasteiger partial charge in [-0.3, -0.25) is 0 Å². The van der Waals surface area contributed by atoms with Gasteiger partial charge in [0.1, 0.15) is 0 Å². The van der Waals surface area contributed by atoms with Gasteiger partial charge in [-0.1, -0.05) is 0 Å². The van der Waals surface area contributed by atoms with Crippen molar-refractivity contribution < 1.29 is 40.1 Å². The van der Waals surface area contributed by atoms with Gasteiger partial charge in [-0.25, -0.2) is 0 Å². The van der Waals surface area contributed by atoms with Crippen LogP contribution in [0.5, 0.6) is 11.5 Å². The van der Waals surface area contributed by atoms with Gasteiger partial charge >= 0.3 is 21.1 Å². The first-order chi connectivity index (χ1) is 4.79. The average molecular weight is 337 g/mol. The van der Waals surface area contributed by atoms with Crippen LogP contribution in [0.25, 0.3) is 0 Å². The maximum absolute atomic E-state index is 8.13. The van der Waals surface area contributed by atoms with Gasteiger partial charge in [0.05, 0.1) is 11.5 Å². The molecular weight excluding hydrogens is 331 g/mol. The molecule has 2 N–H and O–H groups in total. The molecule has 0 amide bonds. The van der Waals surface area contributed by atoms with E-state index in [1.165, 1.54) is 25.1 Å². The zero-order valence-corrected chi connectivity index (χ0v) is 7.61. The molecular formula is C6H6O4Pt. The molecule has 4 nitrogen and oxygen atoms in total. The van der Waals surface area contributed by atoms with E-state index in [1.54, 1.807) is 0 Å². The van der Waals surface area contributed by atoms with E-state index in [4.69, 9.17) is 10.2 Å². The molecule has 0 spiro atoms. The average Bonchev–Trinajstić information content (AvgIpc) is 1.80. The maximum atomic E-state index is 8.13. The third kappa shape index (κ3) is 3.73. The molecule has 11 heavy (non-hydrogen) atoms. The van der Waals surface area contributed by atoms with Crippen LogP contribution in [0, 0.1) is 0 Å². The molecule has 64 valence electrons. The molecule has 0 aliphatic heterocycles. The summed E-state index contributed by atoms with van der Waals surface area (Å²) < 4.78 is 8.59. The molecule has 0 bridgehead atoms. The smallest absolute Gasteiger partial charge is 0.578 e. The summed E-state index contributed by atoms with van der Waals surface area (Å²) in [4.78, 5) is 0. The summed E-state index contributed by atoms with van der Waals surface area (Å²) in [6, 6.07) is 0. The van der Waals surface area contributed by atoms with Crippen molar-refractivity contribution in [3.05, 3.63) is 25.1 Å². The van der Waals surface area contributed by atoms with Crippen molar-refractivity contribution in [2.45, 2.75) is 0 Å². The van der Waals surface area contributed by atoms with E-state index in [9.17, 15) is 0 Å². The SMILES string of the molecule is Oc1co[cH-]1.Oc1co[cH-]1.[Pt+2]. The fraction of sp³-hybridized carbons (Fsp3) is 0. The Morgan fingerprint density at radius 3 is 1.18 bits per heavy atom. The fourth-order valence-corrected chi connectivity index (χ4v) is 0.258. The molecule has 0 fully saturated rings. The minimum absolute atomic E-state index is 0. The molecule has 0 radical (unpaired) electrons. The molecule has 2 aromatic heterocycles. The quantitative estimate of drug-likeness (QED) is 0.714. The Kier molecular flexibility index (Phi) is 4.46. The van der Waals surface area contributed by atoms with Gasteiger partial charge in [-0.05, 0) is 0 Å². The normalized spacial score (nSPS) is 8.00. The Bertz CT molecular complexity index is 206. The van der Waals surface area contributed by atoms with Crippen molar-refractivity contribution in [3.8, 4) is 11.5 Å². The first-order valence-corrected chi connectivity index (χ1v) is 2.54. The second-order valence-electron chi connectivity index (χ2n) is 1.59. The van der Waals surface area contributed by atoms with Gasteiger partial charge < -0.3 is 19.0 Å². The van der Waals surface area contributed by atoms with E-state index in [0.29, 0.717) is 0 Å². The van der Waals surface area contributed by atoms with Crippen LogP contribution < -0.4 is 0 Å². The molecule has 0 saturated heterocycles. The van der Waals surface area contributed by atoms with Crippen LogP contribution in [0.2, 0.25) is 0 Å². The van der Waals surface area contributed by atoms with Crippen LogP contribution in [0.15, 0.2) is 33.9 Å². The maximum Gasteiger partial charge on any atom is 2.00 e. The van der Waals surface area contributed by atoms with E-state index in [-0.39, 0.29) is 32.6 Å². The monoisotopic (exact) mass is 337 g/mol. The van der Waals surface area contributed by atoms with Crippen LogP contribution in [0.4, 0.5) is 0 Å². The van der Waals surface area contributed by atoms with Crippen LogP contribution in [0.1, 0.15) is 0 Å². The summed E-state index contributed by atoms with van der Waals surface area (Å²) in [5.41, 5.74) is 0. The zero-order valence-electron chi connectivity index (χ0n) is 5.34. The first-order valence-electron chi connectivity index (χ1n) is 2.54. The van der Waals surface area contributed by atoms with Gasteiger partial charge in [0.15, 0.2) is 0 Å². The molecule has 0 aromatic carbocycles. The molecule has 0 saturated carbocycles. The standard InChI is InChI=1S/2C3H3O2.Pt/c2*4-3-1-5-2-3;/h2*1-2,4H;/q2*-1;+2. The number of hydrogen-bond acceptors (Lipinski definition) is 4. The minimum Gasteiger partial charge on any atom is -0.578 e. The topological polar surface area (TPSA) is 66.7 Å². The minimum atomic E-state index is 0. The Morgan fingerprint density at radius 2 is 1.18 bits per heavy atom. The van der Waals surface area contributed by atoms with E-state index >= 15 is 0 Å². The third-order valence-electron chi connectivity index (χ3n) is 0.755. The Labute approximate surface area is 77.0 Å². The van der Waals surface area contributed by atoms with E-state index < -0.39 is 0 Å². The number of rotatable bonds is 0. The van der Waals surface area contributed by atoms with Crippen LogP contribution in [-0.2, 0) is 21.1 Å². The zero-order chi connectivity index (χ0) is 7.40. The number of aromatic hydroxyl groups is 2. The van der Waals surface area contributed by atoms with Gasteiger partial charge in [-0.15, -0.1) is 0 Å². The van der Waals surface area contributed by atoms with Crippen molar-refractivity contribution in [1.29, 1.82) is 0 Å². The Balaban J connectivity index is 0.000000167. The Morgan fingerprint density at radius 1 is 1.00 bits per heavy atom. The summed E-state index contributed by atoms with van der Waals surface area (Å²) in [6.45, 7) is 0. The van der Waals surface area contributed by atoms with Crippen molar-refractivity contribution in [1.82, 2.24) is 0 Å². The first kappa shape index (κ1) is 10.1. The molecule has 0 unspecified atom stereocenters. The largest absolute Gasteiger partial charge is 2.00 e. The summed E-state index contributed by atoms with van der Waals surface area (Å²) in [5.74, 6) is 0.426. The van der Waals surface area contributed by atoms with Gasteiger partial charge in [0.25, 0.3) is 0 Å². The predicted molar refractivity (Wildman–Crippen MR) is 31.9 cm³/mol. The number of hydrogen-bond donors (Lipinski definition) is 2. The molecule has 0 aliphatic rings. The van der Waals surface area contributed by atoms with Crippen molar-refractivity contribution >= 4 is 0 Å². The third-order valence-corrected chi connectivity index (χ3v) is 0.755. The van der Waals surface area contributed by atoms with Crippen LogP contribution in [-0.4, -0.2) is 10.2 Å². The molecule has 2 heterocycles. The van der Waals surface area contributed by atoms with Gasteiger partial charge in [0, 0.05) is 25.1 Å². The van der Waals surface area contributed by atoms with Crippen LogP contribution in [0.3, 0.4) is 0 Å². The van der Waals surface area contributed by atoms with E-state index in [1.807, 2.05) is 0 Å². The predicted octanol–water partition coefficient (Wildman–Crippen LogP) is 1.41. The van der Waals surface area contributed by atoms with E-state index in [0.717, 1.165) is 0 Å². The van der Waals surface area contributed by atoms with Crippen LogP contribution >= 0.6 is 0 Å². The second kappa shape index (κ2) is 4.85. The Hall–Kier alpha value is -0.892. The van der Waals surface area contributed by atoms with Crippen molar-refractivity contribution in [2.75, 3.05) is 0 Å². The van der Waals surface area contributed by atoms with Crippen molar-refractivity contribution in [2.24, 2.45) is 0 Å². The summed E-state index contributed by atoms with van der Waals surface area (Å²) in [6.07, 6.45) is 5.06. The fourth-order valence-electron chi connectivity index (χ4n) is 0.258. The van der Waals surface area contributed by atoms with Gasteiger partial charge in [0.2, 0.25) is 0 Å². The second-order valence-corrected chi connectivity index (χ2v) is 1.59. The summed E-state index contributed by atoms with van der Waals surface area (Å²) in [7, 11) is 0. The summed E-state index contributed by atoms with van der Waals surface area (Å²) >= 11 is 0. The van der Waals surface area contributed by atoms with Crippen molar-refractivity contribution in [3.63, 3.8) is 0 Å². The molecule has 0 atom stereocenters. The van der Waals surface area contributed by atoms with E-state index in [2.05, 4.69) is 8.83 Å². The molecule has 0 aliphatic carbocycles. The molecule has 2 rings (SSSR count). The summed E-state index contributed by atoms with van der Waals surface area (Å²) in [5, 5.41) is 16.3.